The number of para-hydroxylation sites is 1. The molecule has 0 aromatic heterocycles. The molecule has 0 radical (unpaired) electrons. The van der Waals surface area contributed by atoms with E-state index in [0.29, 0.717) is 35.7 Å². The number of hydrogen-bond acceptors (Lipinski definition) is 8. The Morgan fingerprint density at radius 2 is 1.76 bits per heavy atom. The third-order valence-corrected chi connectivity index (χ3v) is 7.40. The van der Waals surface area contributed by atoms with Crippen LogP contribution in [0.4, 0.5) is 10.5 Å². The van der Waals surface area contributed by atoms with E-state index in [4.69, 9.17) is 9.47 Å². The van der Waals surface area contributed by atoms with E-state index >= 15 is 0 Å². The molecule has 3 amide bonds. The SMILES string of the molecule is CCOC(=O)NN=C1C[C@@H](O)[C@@H](O)[C@@H]2[C@@H]3C(=O)N(c4cccc(Oc5ccccc5)c4)C(=O)[C@@H]3CC[C@@H]12. The number of aliphatic hydroxyl groups excluding tert-OH is 2. The average Bonchev–Trinajstić information content (AvgIpc) is 3.15. The summed E-state index contributed by atoms with van der Waals surface area (Å²) < 4.78 is 10.7. The summed E-state index contributed by atoms with van der Waals surface area (Å²) >= 11 is 0. The lowest BCUT2D eigenvalue weighted by Gasteiger charge is -2.45. The number of nitrogens with one attached hydrogen (secondary N) is 1. The number of rotatable bonds is 5. The second kappa shape index (κ2) is 10.3. The molecule has 1 saturated heterocycles. The first-order chi connectivity index (χ1) is 17.9. The number of anilines is 1. The van der Waals surface area contributed by atoms with Gasteiger partial charge in [-0.15, -0.1) is 0 Å². The summed E-state index contributed by atoms with van der Waals surface area (Å²) in [7, 11) is 0. The van der Waals surface area contributed by atoms with Crippen molar-refractivity contribution in [3.63, 3.8) is 0 Å². The van der Waals surface area contributed by atoms with Gasteiger partial charge in [0.1, 0.15) is 11.5 Å². The quantitative estimate of drug-likeness (QED) is 0.418. The van der Waals surface area contributed by atoms with Crippen LogP contribution in [0.3, 0.4) is 0 Å². The summed E-state index contributed by atoms with van der Waals surface area (Å²) in [5.41, 5.74) is 3.19. The zero-order valence-corrected chi connectivity index (χ0v) is 20.3. The van der Waals surface area contributed by atoms with Gasteiger partial charge in [-0.05, 0) is 44.0 Å². The zero-order valence-electron chi connectivity index (χ0n) is 20.3. The summed E-state index contributed by atoms with van der Waals surface area (Å²) in [6.07, 6.45) is -2.14. The smallest absolute Gasteiger partial charge is 0.427 e. The number of amides is 3. The lowest BCUT2D eigenvalue weighted by Crippen LogP contribution is -2.55. The molecular weight excluding hydrogens is 478 g/mol. The van der Waals surface area contributed by atoms with Gasteiger partial charge in [0.25, 0.3) is 0 Å². The molecule has 1 heterocycles. The lowest BCUT2D eigenvalue weighted by atomic mass is 9.60. The third-order valence-electron chi connectivity index (χ3n) is 7.40. The maximum absolute atomic E-state index is 13.7. The molecule has 2 aliphatic carbocycles. The van der Waals surface area contributed by atoms with Crippen LogP contribution >= 0.6 is 0 Å². The summed E-state index contributed by atoms with van der Waals surface area (Å²) in [5.74, 6) is -2.17. The van der Waals surface area contributed by atoms with Crippen molar-refractivity contribution in [3.8, 4) is 11.5 Å². The number of ether oxygens (including phenoxy) is 2. The van der Waals surface area contributed by atoms with Crippen LogP contribution in [0.5, 0.6) is 11.5 Å². The minimum absolute atomic E-state index is 0.0524. The van der Waals surface area contributed by atoms with Crippen LogP contribution in [-0.2, 0) is 14.3 Å². The highest BCUT2D eigenvalue weighted by atomic mass is 16.5. The third kappa shape index (κ3) is 4.70. The van der Waals surface area contributed by atoms with Crippen LogP contribution in [-0.4, -0.2) is 52.6 Å². The van der Waals surface area contributed by atoms with E-state index in [0.717, 1.165) is 4.90 Å². The number of hydrazone groups is 1. The standard InChI is InChI=1S/C27H29N3O7/c1-2-36-27(35)29-28-20-14-21(31)24(32)22-18(20)11-12-19-23(22)26(34)30(25(19)33)15-7-6-10-17(13-15)37-16-8-4-3-5-9-16/h3-10,13,18-19,21-24,31-32H,2,11-12,14H2,1H3,(H,29,35)/t18-,19+,21+,22-,23+,24+/m0/s1. The maximum atomic E-state index is 13.7. The monoisotopic (exact) mass is 507 g/mol. The number of nitrogens with zero attached hydrogens (tertiary/aromatic N) is 2. The van der Waals surface area contributed by atoms with E-state index in [-0.39, 0.29) is 24.9 Å². The lowest BCUT2D eigenvalue weighted by molar-refractivity contribution is -0.132. The molecule has 3 fully saturated rings. The van der Waals surface area contributed by atoms with E-state index in [2.05, 4.69) is 10.5 Å². The second-order valence-electron chi connectivity index (χ2n) is 9.52. The molecule has 0 spiro atoms. The largest absolute Gasteiger partial charge is 0.457 e. The molecule has 2 saturated carbocycles. The van der Waals surface area contributed by atoms with E-state index in [9.17, 15) is 24.6 Å². The summed E-state index contributed by atoms with van der Waals surface area (Å²) in [6, 6.07) is 15.9. The Labute approximate surface area is 213 Å². The molecule has 10 heteroatoms. The Bertz CT molecular complexity index is 1220. The first-order valence-electron chi connectivity index (χ1n) is 12.4. The van der Waals surface area contributed by atoms with Crippen molar-refractivity contribution in [1.82, 2.24) is 5.43 Å². The number of benzene rings is 2. The molecule has 0 bridgehead atoms. The fraction of sp³-hybridized carbons (Fsp3) is 0.407. The van der Waals surface area contributed by atoms with Crippen molar-refractivity contribution in [2.45, 2.75) is 38.4 Å². The van der Waals surface area contributed by atoms with Crippen LogP contribution in [0.2, 0.25) is 0 Å². The number of carbonyl (C=O) groups is 3. The fourth-order valence-electron chi connectivity index (χ4n) is 5.84. The van der Waals surface area contributed by atoms with Crippen molar-refractivity contribution in [2.24, 2.45) is 28.8 Å². The predicted octanol–water partition coefficient (Wildman–Crippen LogP) is 2.84. The van der Waals surface area contributed by atoms with Crippen LogP contribution in [0, 0.1) is 23.7 Å². The number of imide groups is 1. The molecule has 1 aliphatic heterocycles. The highest BCUT2D eigenvalue weighted by molar-refractivity contribution is 6.22. The first kappa shape index (κ1) is 24.9. The molecule has 2 aromatic carbocycles. The van der Waals surface area contributed by atoms with Crippen LogP contribution in [0.15, 0.2) is 59.7 Å². The topological polar surface area (TPSA) is 138 Å². The Morgan fingerprint density at radius 3 is 2.51 bits per heavy atom. The van der Waals surface area contributed by atoms with Gasteiger partial charge < -0.3 is 19.7 Å². The molecule has 5 rings (SSSR count). The Morgan fingerprint density at radius 1 is 1.03 bits per heavy atom. The van der Waals surface area contributed by atoms with Crippen molar-refractivity contribution < 1.29 is 34.1 Å². The summed E-state index contributed by atoms with van der Waals surface area (Å²) in [6.45, 7) is 1.85. The molecule has 3 aliphatic rings. The number of carbonyl (C=O) groups excluding carboxylic acids is 3. The Kier molecular flexibility index (Phi) is 6.94. The summed E-state index contributed by atoms with van der Waals surface area (Å²) in [4.78, 5) is 40.1. The van der Waals surface area contributed by atoms with Crippen molar-refractivity contribution >= 4 is 29.3 Å². The van der Waals surface area contributed by atoms with Crippen LogP contribution < -0.4 is 15.1 Å². The molecule has 3 N–H and O–H groups in total. The average molecular weight is 508 g/mol. The Balaban J connectivity index is 1.41. The van der Waals surface area contributed by atoms with Crippen molar-refractivity contribution in [2.75, 3.05) is 11.5 Å². The molecular formula is C27H29N3O7. The molecule has 37 heavy (non-hydrogen) atoms. The van der Waals surface area contributed by atoms with Gasteiger partial charge in [0.05, 0.1) is 36.3 Å². The number of hydrogen-bond donors (Lipinski definition) is 3. The van der Waals surface area contributed by atoms with Gasteiger partial charge in [0, 0.05) is 30.0 Å². The molecule has 0 unspecified atom stereocenters. The molecule has 2 aromatic rings. The first-order valence-corrected chi connectivity index (χ1v) is 12.4. The van der Waals surface area contributed by atoms with Gasteiger partial charge >= 0.3 is 6.09 Å². The van der Waals surface area contributed by atoms with Gasteiger partial charge in [-0.3, -0.25) is 9.59 Å². The molecule has 10 nitrogen and oxygen atoms in total. The fourth-order valence-corrected chi connectivity index (χ4v) is 5.84. The van der Waals surface area contributed by atoms with Gasteiger partial charge in [-0.25, -0.2) is 15.1 Å². The highest BCUT2D eigenvalue weighted by Gasteiger charge is 2.60. The Hall–Kier alpha value is -3.76. The van der Waals surface area contributed by atoms with Crippen LogP contribution in [0.25, 0.3) is 0 Å². The van der Waals surface area contributed by atoms with E-state index in [1.54, 1.807) is 43.3 Å². The number of aliphatic hydroxyl groups is 2. The highest BCUT2D eigenvalue weighted by Crippen LogP contribution is 2.50. The van der Waals surface area contributed by atoms with Crippen molar-refractivity contribution in [3.05, 3.63) is 54.6 Å². The normalized spacial score (nSPS) is 30.0. The predicted molar refractivity (Wildman–Crippen MR) is 133 cm³/mol. The molecule has 194 valence electrons. The van der Waals surface area contributed by atoms with Gasteiger partial charge in [-0.1, -0.05) is 24.3 Å². The van der Waals surface area contributed by atoms with Gasteiger partial charge in [-0.2, -0.15) is 5.10 Å². The second-order valence-corrected chi connectivity index (χ2v) is 9.52. The van der Waals surface area contributed by atoms with E-state index in [1.807, 2.05) is 18.2 Å². The minimum Gasteiger partial charge on any atom is -0.457 e. The van der Waals surface area contributed by atoms with Gasteiger partial charge in [0.2, 0.25) is 11.8 Å². The molecule has 6 atom stereocenters. The summed E-state index contributed by atoms with van der Waals surface area (Å²) in [5, 5.41) is 25.7. The maximum Gasteiger partial charge on any atom is 0.427 e. The van der Waals surface area contributed by atoms with E-state index in [1.165, 1.54) is 0 Å². The number of fused-ring (bicyclic) bond motifs is 3. The van der Waals surface area contributed by atoms with Gasteiger partial charge in [0.15, 0.2) is 0 Å². The minimum atomic E-state index is -1.20. The zero-order chi connectivity index (χ0) is 26.1. The van der Waals surface area contributed by atoms with Crippen LogP contribution in [0.1, 0.15) is 26.2 Å². The van der Waals surface area contributed by atoms with Crippen molar-refractivity contribution in [1.29, 1.82) is 0 Å². The van der Waals surface area contributed by atoms with E-state index < -0.39 is 42.0 Å².